The Balaban J connectivity index is 0.00000210. The highest BCUT2D eigenvalue weighted by molar-refractivity contribution is 6.31. The van der Waals surface area contributed by atoms with Gasteiger partial charge in [-0.3, -0.25) is 0 Å². The van der Waals surface area contributed by atoms with Gasteiger partial charge in [0.05, 0.1) is 5.69 Å². The number of aryl methyl sites for hydroxylation is 1. The molecule has 5 nitrogen and oxygen atoms in total. The highest BCUT2D eigenvalue weighted by Crippen LogP contribution is 2.34. The van der Waals surface area contributed by atoms with Gasteiger partial charge in [-0.05, 0) is 63.2 Å². The van der Waals surface area contributed by atoms with Crippen molar-refractivity contribution in [3.8, 4) is 17.0 Å². The summed E-state index contributed by atoms with van der Waals surface area (Å²) < 4.78 is 2.19. The van der Waals surface area contributed by atoms with E-state index in [4.69, 9.17) is 11.6 Å². The third-order valence-corrected chi connectivity index (χ3v) is 5.59. The SMILES string of the molecule is Cc1cc(Cl)cc(O)c1-c1cc2ccn(C[C@@H]3CCCCN3C)c2nn1.Cl. The minimum Gasteiger partial charge on any atom is -0.507 e. The van der Waals surface area contributed by atoms with E-state index in [-0.39, 0.29) is 18.2 Å². The van der Waals surface area contributed by atoms with Gasteiger partial charge in [-0.25, -0.2) is 0 Å². The van der Waals surface area contributed by atoms with Crippen LogP contribution in [0, 0.1) is 6.92 Å². The molecule has 1 saturated heterocycles. The summed E-state index contributed by atoms with van der Waals surface area (Å²) in [7, 11) is 2.20. The van der Waals surface area contributed by atoms with Crippen LogP contribution >= 0.6 is 24.0 Å². The maximum Gasteiger partial charge on any atom is 0.162 e. The molecular formula is C20H24Cl2N4O. The molecule has 1 aromatic carbocycles. The lowest BCUT2D eigenvalue weighted by molar-refractivity contribution is 0.168. The molecule has 0 amide bonds. The fraction of sp³-hybridized carbons (Fsp3) is 0.400. The average Bonchev–Trinajstić information content (AvgIpc) is 2.98. The number of nitrogens with zero attached hydrogens (tertiary/aromatic N) is 4. The average molecular weight is 407 g/mol. The second kappa shape index (κ2) is 8.05. The van der Waals surface area contributed by atoms with Crippen LogP contribution in [-0.2, 0) is 6.54 Å². The van der Waals surface area contributed by atoms with Gasteiger partial charge in [0.1, 0.15) is 5.75 Å². The third-order valence-electron chi connectivity index (χ3n) is 5.37. The minimum absolute atomic E-state index is 0. The van der Waals surface area contributed by atoms with Crippen LogP contribution in [0.2, 0.25) is 5.02 Å². The number of fused-ring (bicyclic) bond motifs is 1. The minimum atomic E-state index is 0. The van der Waals surface area contributed by atoms with Crippen LogP contribution in [0.15, 0.2) is 30.5 Å². The second-order valence-electron chi connectivity index (χ2n) is 7.22. The van der Waals surface area contributed by atoms with Gasteiger partial charge in [-0.2, -0.15) is 0 Å². The van der Waals surface area contributed by atoms with Crippen molar-refractivity contribution in [1.82, 2.24) is 19.7 Å². The number of benzene rings is 1. The Hall–Kier alpha value is -1.82. The molecule has 144 valence electrons. The van der Waals surface area contributed by atoms with Crippen LogP contribution in [0.25, 0.3) is 22.3 Å². The lowest BCUT2D eigenvalue weighted by Crippen LogP contribution is -2.39. The quantitative estimate of drug-likeness (QED) is 0.686. The number of hydrogen-bond acceptors (Lipinski definition) is 4. The molecule has 2 aromatic heterocycles. The highest BCUT2D eigenvalue weighted by atomic mass is 35.5. The smallest absolute Gasteiger partial charge is 0.162 e. The number of aromatic nitrogens is 3. The molecule has 0 radical (unpaired) electrons. The van der Waals surface area contributed by atoms with E-state index >= 15 is 0 Å². The highest BCUT2D eigenvalue weighted by Gasteiger charge is 2.20. The first-order chi connectivity index (χ1) is 12.5. The van der Waals surface area contributed by atoms with Gasteiger partial charge < -0.3 is 14.6 Å². The van der Waals surface area contributed by atoms with E-state index in [1.54, 1.807) is 6.07 Å². The van der Waals surface area contributed by atoms with E-state index in [9.17, 15) is 5.11 Å². The summed E-state index contributed by atoms with van der Waals surface area (Å²) in [5.74, 6) is 0.131. The van der Waals surface area contributed by atoms with Crippen LogP contribution in [0.4, 0.5) is 0 Å². The van der Waals surface area contributed by atoms with Gasteiger partial charge in [0, 0.05) is 34.8 Å². The van der Waals surface area contributed by atoms with Crippen molar-refractivity contribution in [3.05, 3.63) is 41.0 Å². The molecule has 3 heterocycles. The summed E-state index contributed by atoms with van der Waals surface area (Å²) in [6, 6.07) is 7.97. The Morgan fingerprint density at radius 3 is 2.78 bits per heavy atom. The molecule has 0 bridgehead atoms. The lowest BCUT2D eigenvalue weighted by Gasteiger charge is -2.32. The number of piperidine rings is 1. The number of hydrogen-bond donors (Lipinski definition) is 1. The molecule has 1 atom stereocenters. The monoisotopic (exact) mass is 406 g/mol. The molecule has 3 aromatic rings. The van der Waals surface area contributed by atoms with Gasteiger partial charge in [0.2, 0.25) is 0 Å². The van der Waals surface area contributed by atoms with Gasteiger partial charge in [0.25, 0.3) is 0 Å². The normalized spacial score (nSPS) is 17.8. The standard InChI is InChI=1S/C20H23ClN4O.ClH/c1-13-9-15(21)11-18(26)19(13)17-10-14-6-8-25(20(14)23-22-17)12-16-5-3-4-7-24(16)2;/h6,8-11,16,26H,3-5,7,12H2,1-2H3;1H/t16-;/m0./s1. The van der Waals surface area contributed by atoms with Gasteiger partial charge >= 0.3 is 0 Å². The first-order valence-corrected chi connectivity index (χ1v) is 9.43. The van der Waals surface area contributed by atoms with Crippen LogP contribution < -0.4 is 0 Å². The largest absolute Gasteiger partial charge is 0.507 e. The molecule has 0 saturated carbocycles. The first-order valence-electron chi connectivity index (χ1n) is 9.05. The molecule has 1 aliphatic rings. The Morgan fingerprint density at radius 1 is 1.22 bits per heavy atom. The molecule has 1 fully saturated rings. The van der Waals surface area contributed by atoms with Crippen molar-refractivity contribution in [2.24, 2.45) is 0 Å². The third kappa shape index (κ3) is 3.91. The second-order valence-corrected chi connectivity index (χ2v) is 7.66. The number of phenolic OH excluding ortho intramolecular Hbond substituents is 1. The topological polar surface area (TPSA) is 54.2 Å². The number of likely N-dealkylation sites (N-methyl/N-ethyl adjacent to an activating group) is 1. The molecule has 0 spiro atoms. The van der Waals surface area contributed by atoms with Crippen LogP contribution in [0.5, 0.6) is 5.75 Å². The fourth-order valence-electron chi connectivity index (χ4n) is 3.92. The fourth-order valence-corrected chi connectivity index (χ4v) is 4.18. The van der Waals surface area contributed by atoms with Crippen molar-refractivity contribution in [3.63, 3.8) is 0 Å². The van der Waals surface area contributed by atoms with Crippen LogP contribution in [0.1, 0.15) is 24.8 Å². The van der Waals surface area contributed by atoms with Crippen molar-refractivity contribution >= 4 is 35.0 Å². The summed E-state index contributed by atoms with van der Waals surface area (Å²) in [5, 5.41) is 20.7. The zero-order valence-corrected chi connectivity index (χ0v) is 17.1. The number of phenols is 1. The van der Waals surface area contributed by atoms with Crippen molar-refractivity contribution < 1.29 is 5.11 Å². The molecular weight excluding hydrogens is 383 g/mol. The van der Waals surface area contributed by atoms with E-state index < -0.39 is 0 Å². The van der Waals surface area contributed by atoms with Gasteiger partial charge in [-0.1, -0.05) is 18.0 Å². The first kappa shape index (κ1) is 19.9. The zero-order chi connectivity index (χ0) is 18.3. The lowest BCUT2D eigenvalue weighted by atomic mass is 10.0. The number of rotatable bonds is 3. The molecule has 1 aliphatic heterocycles. The van der Waals surface area contributed by atoms with E-state index in [2.05, 4.69) is 39.0 Å². The maximum atomic E-state index is 10.3. The zero-order valence-electron chi connectivity index (χ0n) is 15.5. The molecule has 4 rings (SSSR count). The van der Waals surface area contributed by atoms with Crippen molar-refractivity contribution in [1.29, 1.82) is 0 Å². The molecule has 0 aliphatic carbocycles. The van der Waals surface area contributed by atoms with Gasteiger partial charge in [0.15, 0.2) is 5.65 Å². The van der Waals surface area contributed by atoms with Crippen molar-refractivity contribution in [2.75, 3.05) is 13.6 Å². The Labute approximate surface area is 170 Å². The number of likely N-dealkylation sites (tertiary alicyclic amines) is 1. The summed E-state index contributed by atoms with van der Waals surface area (Å²) in [6.07, 6.45) is 5.88. The summed E-state index contributed by atoms with van der Waals surface area (Å²) in [5.41, 5.74) is 3.12. The Morgan fingerprint density at radius 2 is 2.04 bits per heavy atom. The van der Waals surface area contributed by atoms with Crippen molar-refractivity contribution in [2.45, 2.75) is 38.8 Å². The predicted molar refractivity (Wildman–Crippen MR) is 112 cm³/mol. The van der Waals surface area contributed by atoms with Crippen LogP contribution in [-0.4, -0.2) is 44.4 Å². The Kier molecular flexibility index (Phi) is 5.94. The summed E-state index contributed by atoms with van der Waals surface area (Å²) in [6.45, 7) is 4.00. The summed E-state index contributed by atoms with van der Waals surface area (Å²) >= 11 is 6.01. The number of aromatic hydroxyl groups is 1. The van der Waals surface area contributed by atoms with E-state index in [1.807, 2.05) is 19.1 Å². The summed E-state index contributed by atoms with van der Waals surface area (Å²) in [4.78, 5) is 2.44. The maximum absolute atomic E-state index is 10.3. The molecule has 27 heavy (non-hydrogen) atoms. The van der Waals surface area contributed by atoms with E-state index in [1.165, 1.54) is 19.3 Å². The van der Waals surface area contributed by atoms with Gasteiger partial charge in [-0.15, -0.1) is 22.6 Å². The molecule has 0 unspecified atom stereocenters. The molecule has 7 heteroatoms. The number of halogens is 2. The molecule has 1 N–H and O–H groups in total. The van der Waals surface area contributed by atoms with E-state index in [0.717, 1.165) is 29.7 Å². The Bertz CT molecular complexity index is 933. The predicted octanol–water partition coefficient (Wildman–Crippen LogP) is 4.67. The van der Waals surface area contributed by atoms with E-state index in [0.29, 0.717) is 22.3 Å². The van der Waals surface area contributed by atoms with Crippen LogP contribution in [0.3, 0.4) is 0 Å².